The first-order valence-electron chi connectivity index (χ1n) is 9.25. The third-order valence-corrected chi connectivity index (χ3v) is 4.99. The van der Waals surface area contributed by atoms with Crippen molar-refractivity contribution in [3.05, 3.63) is 111 Å². The molecular weight excluding hydrogens is 382 g/mol. The van der Waals surface area contributed by atoms with Gasteiger partial charge < -0.3 is 0 Å². The van der Waals surface area contributed by atoms with Gasteiger partial charge in [-0.2, -0.15) is 0 Å². The summed E-state index contributed by atoms with van der Waals surface area (Å²) in [6.07, 6.45) is 3.22. The minimum Gasteiger partial charge on any atom is -0.289 e. The van der Waals surface area contributed by atoms with Crippen molar-refractivity contribution in [3.8, 4) is 0 Å². The number of rotatable bonds is 4. The fourth-order valence-electron chi connectivity index (χ4n) is 3.52. The molecule has 5 rings (SSSR count). The molecule has 0 fully saturated rings. The number of carbonyl (C=O) groups excluding carboxylic acids is 1. The van der Waals surface area contributed by atoms with E-state index in [1.54, 1.807) is 65.2 Å². The van der Waals surface area contributed by atoms with Gasteiger partial charge in [-0.05, 0) is 35.9 Å². The molecule has 30 heavy (non-hydrogen) atoms. The smallest absolute Gasteiger partial charge is 0.289 e. The number of aromatic amines is 1. The molecule has 0 unspecified atom stereocenters. The Labute approximate surface area is 169 Å². The number of hydrogen-bond acceptors (Lipinski definition) is 5. The second-order valence-electron chi connectivity index (χ2n) is 6.91. The van der Waals surface area contributed by atoms with E-state index in [-0.39, 0.29) is 12.3 Å². The fraction of sp³-hybridized carbons (Fsp3) is 0.0455. The Morgan fingerprint density at radius 2 is 1.83 bits per heavy atom. The quantitative estimate of drug-likeness (QED) is 0.468. The second kappa shape index (κ2) is 6.93. The van der Waals surface area contributed by atoms with Gasteiger partial charge in [-0.25, -0.2) is 4.79 Å². The van der Waals surface area contributed by atoms with E-state index in [9.17, 15) is 14.4 Å². The van der Waals surface area contributed by atoms with Crippen molar-refractivity contribution in [1.82, 2.24) is 24.1 Å². The Hall–Kier alpha value is -4.33. The molecule has 3 aromatic heterocycles. The zero-order chi connectivity index (χ0) is 20.7. The van der Waals surface area contributed by atoms with Gasteiger partial charge in [-0.3, -0.25) is 23.5 Å². The molecule has 3 heterocycles. The first kappa shape index (κ1) is 17.7. The van der Waals surface area contributed by atoms with Crippen LogP contribution in [0, 0.1) is 0 Å². The second-order valence-corrected chi connectivity index (χ2v) is 6.91. The molecule has 0 radical (unpaired) electrons. The van der Waals surface area contributed by atoms with Crippen LogP contribution in [-0.4, -0.2) is 29.9 Å². The maximum atomic E-state index is 13.0. The summed E-state index contributed by atoms with van der Waals surface area (Å²) in [6.45, 7) is 0.224. The van der Waals surface area contributed by atoms with Crippen molar-refractivity contribution in [2.75, 3.05) is 0 Å². The van der Waals surface area contributed by atoms with Crippen LogP contribution in [0.4, 0.5) is 0 Å². The van der Waals surface area contributed by atoms with Gasteiger partial charge in [-0.15, -0.1) is 10.2 Å². The molecule has 8 heteroatoms. The molecule has 0 aliphatic heterocycles. The third-order valence-electron chi connectivity index (χ3n) is 4.99. The van der Waals surface area contributed by atoms with E-state index in [4.69, 9.17) is 0 Å². The highest BCUT2D eigenvalue weighted by atomic mass is 16.2. The van der Waals surface area contributed by atoms with Crippen molar-refractivity contribution in [1.29, 1.82) is 0 Å². The predicted octanol–water partition coefficient (Wildman–Crippen LogP) is 2.01. The highest BCUT2D eigenvalue weighted by molar-refractivity contribution is 6.09. The van der Waals surface area contributed by atoms with Gasteiger partial charge in [0.15, 0.2) is 11.4 Å². The molecule has 146 valence electrons. The van der Waals surface area contributed by atoms with Crippen molar-refractivity contribution >= 4 is 22.3 Å². The Kier molecular flexibility index (Phi) is 4.10. The minimum atomic E-state index is -0.492. The number of fused-ring (bicyclic) bond motifs is 2. The summed E-state index contributed by atoms with van der Waals surface area (Å²) in [5.74, 6) is -0.147. The van der Waals surface area contributed by atoms with Crippen LogP contribution < -0.4 is 11.2 Å². The molecule has 1 N–H and O–H groups in total. The van der Waals surface area contributed by atoms with Crippen LogP contribution in [-0.2, 0) is 6.54 Å². The molecule has 0 aliphatic rings. The lowest BCUT2D eigenvalue weighted by atomic mass is 10.0. The maximum Gasteiger partial charge on any atom is 0.329 e. The average molecular weight is 397 g/mol. The normalized spacial score (nSPS) is 11.2. The van der Waals surface area contributed by atoms with Crippen LogP contribution in [0.25, 0.3) is 16.6 Å². The lowest BCUT2D eigenvalue weighted by Gasteiger charge is -2.10. The monoisotopic (exact) mass is 397 g/mol. The topological polar surface area (TPSA) is 102 Å². The SMILES string of the molecule is O=C(c1cccc(Cn2c(=O)[nH]c(=O)c3ccccc32)c1)c1ccc2nncn2c1. The van der Waals surface area contributed by atoms with E-state index in [2.05, 4.69) is 15.2 Å². The molecule has 0 spiro atoms. The maximum absolute atomic E-state index is 13.0. The molecule has 0 saturated heterocycles. The van der Waals surface area contributed by atoms with Crippen LogP contribution >= 0.6 is 0 Å². The lowest BCUT2D eigenvalue weighted by molar-refractivity contribution is 0.103. The van der Waals surface area contributed by atoms with Crippen LogP contribution in [0.15, 0.2) is 82.8 Å². The molecule has 5 aromatic rings. The third kappa shape index (κ3) is 3.00. The fourth-order valence-corrected chi connectivity index (χ4v) is 3.52. The summed E-state index contributed by atoms with van der Waals surface area (Å²) in [6, 6.07) is 17.5. The summed E-state index contributed by atoms with van der Waals surface area (Å²) >= 11 is 0. The number of pyridine rings is 1. The number of nitrogens with zero attached hydrogens (tertiary/aromatic N) is 4. The van der Waals surface area contributed by atoms with Crippen LogP contribution in [0.2, 0.25) is 0 Å². The zero-order valence-corrected chi connectivity index (χ0v) is 15.6. The number of nitrogens with one attached hydrogen (secondary N) is 1. The van der Waals surface area contributed by atoms with E-state index < -0.39 is 11.2 Å². The Morgan fingerprint density at radius 1 is 0.967 bits per heavy atom. The summed E-state index contributed by atoms with van der Waals surface area (Å²) < 4.78 is 3.17. The molecule has 0 aliphatic carbocycles. The van der Waals surface area contributed by atoms with Crippen molar-refractivity contribution in [2.45, 2.75) is 6.54 Å². The van der Waals surface area contributed by atoms with Crippen LogP contribution in [0.1, 0.15) is 21.5 Å². The highest BCUT2D eigenvalue weighted by Gasteiger charge is 2.12. The van der Waals surface area contributed by atoms with E-state index in [0.29, 0.717) is 27.7 Å². The van der Waals surface area contributed by atoms with Crippen molar-refractivity contribution < 1.29 is 4.79 Å². The van der Waals surface area contributed by atoms with Gasteiger partial charge in [0.1, 0.15) is 6.33 Å². The number of para-hydroxylation sites is 1. The highest BCUT2D eigenvalue weighted by Crippen LogP contribution is 2.15. The van der Waals surface area contributed by atoms with E-state index >= 15 is 0 Å². The largest absolute Gasteiger partial charge is 0.329 e. The van der Waals surface area contributed by atoms with E-state index in [1.807, 2.05) is 6.07 Å². The van der Waals surface area contributed by atoms with Crippen molar-refractivity contribution in [3.63, 3.8) is 0 Å². The number of benzene rings is 2. The molecule has 0 saturated carbocycles. The minimum absolute atomic E-state index is 0.147. The van der Waals surface area contributed by atoms with Crippen LogP contribution in [0.3, 0.4) is 0 Å². The molecular formula is C22H15N5O3. The lowest BCUT2D eigenvalue weighted by Crippen LogP contribution is -2.30. The summed E-state index contributed by atoms with van der Waals surface area (Å²) in [5.41, 5.74) is 2.07. The van der Waals surface area contributed by atoms with Gasteiger partial charge in [0, 0.05) is 17.3 Å². The molecule has 0 atom stereocenters. The summed E-state index contributed by atoms with van der Waals surface area (Å²) in [5, 5.41) is 8.19. The predicted molar refractivity (Wildman–Crippen MR) is 111 cm³/mol. The van der Waals surface area contributed by atoms with E-state index in [1.165, 1.54) is 10.9 Å². The molecule has 2 aromatic carbocycles. The summed E-state index contributed by atoms with van der Waals surface area (Å²) in [7, 11) is 0. The van der Waals surface area contributed by atoms with Crippen LogP contribution in [0.5, 0.6) is 0 Å². The summed E-state index contributed by atoms with van der Waals surface area (Å²) in [4.78, 5) is 39.8. The Balaban J connectivity index is 1.53. The Bertz CT molecular complexity index is 1540. The zero-order valence-electron chi connectivity index (χ0n) is 15.6. The van der Waals surface area contributed by atoms with Gasteiger partial charge in [-0.1, -0.05) is 30.3 Å². The molecule has 0 amide bonds. The van der Waals surface area contributed by atoms with E-state index in [0.717, 1.165) is 5.56 Å². The Morgan fingerprint density at radius 3 is 2.73 bits per heavy atom. The number of H-pyrrole nitrogens is 1. The molecule has 0 bridgehead atoms. The van der Waals surface area contributed by atoms with Gasteiger partial charge in [0.25, 0.3) is 5.56 Å². The number of carbonyl (C=O) groups is 1. The number of ketones is 1. The molecule has 8 nitrogen and oxygen atoms in total. The van der Waals surface area contributed by atoms with Gasteiger partial charge in [0.2, 0.25) is 0 Å². The standard InChI is InChI=1S/C22H15N5O3/c28-20(16-8-9-19-25-23-13-26(19)12-16)15-5-3-4-14(10-15)11-27-18-7-2-1-6-17(18)21(29)24-22(27)30/h1-10,12-13H,11H2,(H,24,29,30). The first-order chi connectivity index (χ1) is 14.6. The average Bonchev–Trinajstić information content (AvgIpc) is 3.24. The van der Waals surface area contributed by atoms with Gasteiger partial charge >= 0.3 is 5.69 Å². The number of aromatic nitrogens is 5. The number of hydrogen-bond donors (Lipinski definition) is 1. The van der Waals surface area contributed by atoms with Crippen molar-refractivity contribution in [2.24, 2.45) is 0 Å². The van der Waals surface area contributed by atoms with Gasteiger partial charge in [0.05, 0.1) is 17.4 Å². The first-order valence-corrected chi connectivity index (χ1v) is 9.25.